The fourth-order valence-electron chi connectivity index (χ4n) is 1.47. The van der Waals surface area contributed by atoms with E-state index in [2.05, 4.69) is 61.2 Å². The van der Waals surface area contributed by atoms with Crippen LogP contribution in [-0.4, -0.2) is 0 Å². The summed E-state index contributed by atoms with van der Waals surface area (Å²) >= 11 is 0. The fourth-order valence-corrected chi connectivity index (χ4v) is 1.69. The van der Waals surface area contributed by atoms with E-state index in [1.165, 1.54) is 17.5 Å². The normalized spacial score (nSPS) is 14.1. The van der Waals surface area contributed by atoms with Crippen LogP contribution in [0.2, 0.25) is 0 Å². The van der Waals surface area contributed by atoms with Crippen LogP contribution in [0.1, 0.15) is 50.9 Å². The quantitative estimate of drug-likeness (QED) is 0.635. The second kappa shape index (κ2) is 4.45. The molecule has 1 aromatic rings. The molecule has 0 saturated carbocycles. The molecular weight excluding hydrogens is 187 g/mol. The van der Waals surface area contributed by atoms with Crippen LogP contribution < -0.4 is 0 Å². The van der Waals surface area contributed by atoms with Gasteiger partial charge < -0.3 is 0 Å². The molecule has 2 atom stereocenters. The van der Waals surface area contributed by atoms with E-state index in [9.17, 15) is 0 Å². The summed E-state index contributed by atoms with van der Waals surface area (Å²) in [7, 11) is 2.90. The topological polar surface area (TPSA) is 0 Å². The average Bonchev–Trinajstić information content (AvgIpc) is 2.15. The van der Waals surface area contributed by atoms with E-state index < -0.39 is 0 Å². The van der Waals surface area contributed by atoms with E-state index in [1.54, 1.807) is 0 Å². The minimum absolute atomic E-state index is 0.265. The molecule has 0 radical (unpaired) electrons. The largest absolute Gasteiger partial charge is 0.130 e. The van der Waals surface area contributed by atoms with Crippen molar-refractivity contribution in [2.45, 2.75) is 45.2 Å². The van der Waals surface area contributed by atoms with E-state index in [0.717, 1.165) is 0 Å². The van der Waals surface area contributed by atoms with Crippen molar-refractivity contribution in [1.29, 1.82) is 0 Å². The highest BCUT2D eigenvalue weighted by Gasteiger charge is 2.13. The third-order valence-corrected chi connectivity index (χ3v) is 3.50. The molecule has 0 spiro atoms. The maximum atomic E-state index is 2.90. The van der Waals surface area contributed by atoms with Gasteiger partial charge in [0.25, 0.3) is 0 Å². The van der Waals surface area contributed by atoms with Crippen molar-refractivity contribution >= 4 is 9.24 Å². The average molecular weight is 208 g/mol. The summed E-state index contributed by atoms with van der Waals surface area (Å²) in [5, 5.41) is 0. The molecule has 78 valence electrons. The summed E-state index contributed by atoms with van der Waals surface area (Å²) in [6.07, 6.45) is 1.18. The second-order valence-electron chi connectivity index (χ2n) is 4.89. The lowest BCUT2D eigenvalue weighted by atomic mass is 9.86. The summed E-state index contributed by atoms with van der Waals surface area (Å²) < 4.78 is 0. The Morgan fingerprint density at radius 2 is 1.64 bits per heavy atom. The molecule has 1 rings (SSSR count). The van der Waals surface area contributed by atoms with Gasteiger partial charge in [-0.3, -0.25) is 0 Å². The van der Waals surface area contributed by atoms with Gasteiger partial charge in [0.15, 0.2) is 0 Å². The fraction of sp³-hybridized carbons (Fsp3) is 0.538. The highest BCUT2D eigenvalue weighted by molar-refractivity contribution is 7.17. The summed E-state index contributed by atoms with van der Waals surface area (Å²) in [6.45, 7) is 8.97. The Morgan fingerprint density at radius 1 is 1.14 bits per heavy atom. The third kappa shape index (κ3) is 2.82. The van der Waals surface area contributed by atoms with Crippen molar-refractivity contribution in [3.05, 3.63) is 35.4 Å². The standard InChI is InChI=1S/C13H21P/c1-5-12(14)10-6-8-11(9-7-10)13(2,3)4/h6-9,12H,5,14H2,1-4H3. The van der Waals surface area contributed by atoms with Crippen LogP contribution in [0.25, 0.3) is 0 Å². The first-order valence-corrected chi connectivity index (χ1v) is 5.98. The molecule has 1 aromatic carbocycles. The Morgan fingerprint density at radius 3 is 2.00 bits per heavy atom. The molecule has 1 heteroatoms. The van der Waals surface area contributed by atoms with Gasteiger partial charge in [0.05, 0.1) is 0 Å². The van der Waals surface area contributed by atoms with Crippen LogP contribution in [0.3, 0.4) is 0 Å². The molecule has 0 aliphatic carbocycles. The SMILES string of the molecule is CCC(P)c1ccc(C(C)(C)C)cc1. The van der Waals surface area contributed by atoms with Gasteiger partial charge in [-0.05, 0) is 28.6 Å². The molecule has 0 aliphatic heterocycles. The van der Waals surface area contributed by atoms with Crippen molar-refractivity contribution < 1.29 is 0 Å². The molecule has 2 unspecified atom stereocenters. The van der Waals surface area contributed by atoms with Gasteiger partial charge in [-0.1, -0.05) is 52.0 Å². The molecule has 0 amide bonds. The zero-order valence-corrected chi connectivity index (χ0v) is 10.8. The maximum Gasteiger partial charge on any atom is -0.00172 e. The van der Waals surface area contributed by atoms with Crippen LogP contribution in [-0.2, 0) is 5.41 Å². The molecular formula is C13H21P. The van der Waals surface area contributed by atoms with Gasteiger partial charge in [-0.15, -0.1) is 9.24 Å². The van der Waals surface area contributed by atoms with Crippen LogP contribution in [0.5, 0.6) is 0 Å². The molecule has 14 heavy (non-hydrogen) atoms. The molecule has 0 aromatic heterocycles. The Hall–Kier alpha value is -0.350. The highest BCUT2D eigenvalue weighted by atomic mass is 31.0. The van der Waals surface area contributed by atoms with E-state index in [1.807, 2.05) is 0 Å². The lowest BCUT2D eigenvalue weighted by Gasteiger charge is -2.20. The van der Waals surface area contributed by atoms with Crippen molar-refractivity contribution in [2.24, 2.45) is 0 Å². The monoisotopic (exact) mass is 208 g/mol. The summed E-state index contributed by atoms with van der Waals surface area (Å²) in [5.41, 5.74) is 3.70. The number of hydrogen-bond donors (Lipinski definition) is 0. The number of hydrogen-bond acceptors (Lipinski definition) is 0. The Bertz CT molecular complexity index is 279. The predicted molar refractivity (Wildman–Crippen MR) is 67.9 cm³/mol. The van der Waals surface area contributed by atoms with Crippen molar-refractivity contribution in [1.82, 2.24) is 0 Å². The molecule has 0 aliphatic rings. The van der Waals surface area contributed by atoms with Gasteiger partial charge in [0.2, 0.25) is 0 Å². The zero-order chi connectivity index (χ0) is 10.8. The minimum Gasteiger partial charge on any atom is -0.130 e. The minimum atomic E-state index is 0.265. The first kappa shape index (κ1) is 11.7. The molecule has 0 fully saturated rings. The van der Waals surface area contributed by atoms with Crippen LogP contribution in [0.15, 0.2) is 24.3 Å². The van der Waals surface area contributed by atoms with Gasteiger partial charge in [0.1, 0.15) is 0 Å². The Balaban J connectivity index is 2.89. The third-order valence-electron chi connectivity index (χ3n) is 2.64. The van der Waals surface area contributed by atoms with Crippen LogP contribution in [0, 0.1) is 0 Å². The van der Waals surface area contributed by atoms with Gasteiger partial charge in [0, 0.05) is 0 Å². The van der Waals surface area contributed by atoms with Crippen LogP contribution in [0.4, 0.5) is 0 Å². The van der Waals surface area contributed by atoms with E-state index in [4.69, 9.17) is 0 Å². The number of rotatable bonds is 2. The van der Waals surface area contributed by atoms with Gasteiger partial charge in [-0.25, -0.2) is 0 Å². The Kier molecular flexibility index (Phi) is 3.72. The van der Waals surface area contributed by atoms with Crippen LogP contribution >= 0.6 is 9.24 Å². The maximum absolute atomic E-state index is 2.90. The second-order valence-corrected chi connectivity index (χ2v) is 5.69. The zero-order valence-electron chi connectivity index (χ0n) is 9.67. The number of benzene rings is 1. The summed E-state index contributed by atoms with van der Waals surface area (Å²) in [5.74, 6) is 0. The predicted octanol–water partition coefficient (Wildman–Crippen LogP) is 4.31. The molecule has 0 saturated heterocycles. The smallest absolute Gasteiger partial charge is 0.00172 e. The molecule has 0 bridgehead atoms. The first-order valence-electron chi connectivity index (χ1n) is 5.31. The van der Waals surface area contributed by atoms with E-state index >= 15 is 0 Å². The first-order chi connectivity index (χ1) is 6.45. The summed E-state index contributed by atoms with van der Waals surface area (Å²) in [4.78, 5) is 0. The molecule has 0 heterocycles. The van der Waals surface area contributed by atoms with Crippen molar-refractivity contribution in [3.63, 3.8) is 0 Å². The highest BCUT2D eigenvalue weighted by Crippen LogP contribution is 2.29. The summed E-state index contributed by atoms with van der Waals surface area (Å²) in [6, 6.07) is 9.01. The molecule has 0 N–H and O–H groups in total. The molecule has 0 nitrogen and oxygen atoms in total. The Labute approximate surface area is 90.3 Å². The van der Waals surface area contributed by atoms with Crippen molar-refractivity contribution in [3.8, 4) is 0 Å². The van der Waals surface area contributed by atoms with E-state index in [-0.39, 0.29) is 5.41 Å². The lowest BCUT2D eigenvalue weighted by molar-refractivity contribution is 0.590. The van der Waals surface area contributed by atoms with Gasteiger partial charge >= 0.3 is 0 Å². The van der Waals surface area contributed by atoms with Gasteiger partial charge in [-0.2, -0.15) is 0 Å². The lowest BCUT2D eigenvalue weighted by Crippen LogP contribution is -2.10. The van der Waals surface area contributed by atoms with Crippen molar-refractivity contribution in [2.75, 3.05) is 0 Å². The van der Waals surface area contributed by atoms with E-state index in [0.29, 0.717) is 5.66 Å².